The molecule has 1 fully saturated rings. The number of halogens is 1. The van der Waals surface area contributed by atoms with Gasteiger partial charge in [-0.2, -0.15) is 11.8 Å². The zero-order chi connectivity index (χ0) is 10.7. The van der Waals surface area contributed by atoms with E-state index in [2.05, 4.69) is 0 Å². The maximum Gasteiger partial charge on any atom is 0.145 e. The molecule has 1 heterocycles. The van der Waals surface area contributed by atoms with Crippen LogP contribution in [0, 0.1) is 5.82 Å². The predicted molar refractivity (Wildman–Crippen MR) is 61.8 cm³/mol. The molecule has 2 nitrogen and oxygen atoms in total. The van der Waals surface area contributed by atoms with Gasteiger partial charge in [-0.1, -0.05) is 0 Å². The van der Waals surface area contributed by atoms with Crippen LogP contribution in [0.3, 0.4) is 0 Å². The van der Waals surface area contributed by atoms with Crippen LogP contribution in [-0.4, -0.2) is 17.6 Å². The van der Waals surface area contributed by atoms with Crippen LogP contribution in [-0.2, 0) is 0 Å². The Bertz CT molecular complexity index is 339. The van der Waals surface area contributed by atoms with Gasteiger partial charge < -0.3 is 10.5 Å². The Hall–Kier alpha value is -0.900. The van der Waals surface area contributed by atoms with Gasteiger partial charge >= 0.3 is 0 Å². The molecular formula is C11H14FNOS. The van der Waals surface area contributed by atoms with E-state index in [4.69, 9.17) is 10.5 Å². The Labute approximate surface area is 93.0 Å². The van der Waals surface area contributed by atoms with Crippen molar-refractivity contribution in [1.29, 1.82) is 0 Å². The summed E-state index contributed by atoms with van der Waals surface area (Å²) in [7, 11) is 0. The fourth-order valence-corrected chi connectivity index (χ4v) is 2.65. The third-order valence-electron chi connectivity index (χ3n) is 2.44. The van der Waals surface area contributed by atoms with Crippen molar-refractivity contribution < 1.29 is 9.13 Å². The molecule has 82 valence electrons. The smallest absolute Gasteiger partial charge is 0.145 e. The summed E-state index contributed by atoms with van der Waals surface area (Å²) >= 11 is 1.93. The fraction of sp³-hybridized carbons (Fsp3) is 0.455. The van der Waals surface area contributed by atoms with Crippen molar-refractivity contribution in [2.24, 2.45) is 0 Å². The van der Waals surface area contributed by atoms with Gasteiger partial charge in [0, 0.05) is 6.07 Å². The highest BCUT2D eigenvalue weighted by Gasteiger charge is 2.16. The van der Waals surface area contributed by atoms with Crippen LogP contribution in [0.15, 0.2) is 18.2 Å². The van der Waals surface area contributed by atoms with Crippen LogP contribution in [0.5, 0.6) is 5.75 Å². The lowest BCUT2D eigenvalue weighted by Crippen LogP contribution is -2.22. The van der Waals surface area contributed by atoms with Gasteiger partial charge in [-0.05, 0) is 36.5 Å². The van der Waals surface area contributed by atoms with Gasteiger partial charge in [0.25, 0.3) is 0 Å². The number of hydrogen-bond donors (Lipinski definition) is 1. The highest BCUT2D eigenvalue weighted by molar-refractivity contribution is 7.99. The third kappa shape index (κ3) is 2.78. The minimum atomic E-state index is -0.301. The normalized spacial score (nSPS) is 17.7. The number of benzene rings is 1. The first-order chi connectivity index (χ1) is 7.25. The van der Waals surface area contributed by atoms with Crippen LogP contribution in [0.2, 0.25) is 0 Å². The lowest BCUT2D eigenvalue weighted by molar-refractivity contribution is 0.193. The second-order valence-corrected chi connectivity index (χ2v) is 4.84. The van der Waals surface area contributed by atoms with Crippen LogP contribution in [0.4, 0.5) is 10.1 Å². The molecule has 0 saturated carbocycles. The first-order valence-electron chi connectivity index (χ1n) is 5.05. The quantitative estimate of drug-likeness (QED) is 0.789. The van der Waals surface area contributed by atoms with E-state index in [1.165, 1.54) is 12.1 Å². The molecule has 4 heteroatoms. The Morgan fingerprint density at radius 2 is 2.07 bits per heavy atom. The standard InChI is InChI=1S/C11H14FNOS/c12-8-1-2-10(13)11(7-8)14-9-3-5-15-6-4-9/h1-2,7,9H,3-6,13H2. The van der Waals surface area contributed by atoms with Gasteiger partial charge in [0.15, 0.2) is 0 Å². The topological polar surface area (TPSA) is 35.2 Å². The summed E-state index contributed by atoms with van der Waals surface area (Å²) in [6, 6.07) is 4.25. The zero-order valence-corrected chi connectivity index (χ0v) is 9.23. The molecule has 0 spiro atoms. The molecule has 1 aromatic carbocycles. The lowest BCUT2D eigenvalue weighted by atomic mass is 10.2. The molecule has 2 rings (SSSR count). The minimum absolute atomic E-state index is 0.190. The van der Waals surface area contributed by atoms with Gasteiger partial charge in [0.2, 0.25) is 0 Å². The molecule has 15 heavy (non-hydrogen) atoms. The Morgan fingerprint density at radius 3 is 2.80 bits per heavy atom. The van der Waals surface area contributed by atoms with E-state index in [0.29, 0.717) is 11.4 Å². The molecule has 0 atom stereocenters. The van der Waals surface area contributed by atoms with Crippen molar-refractivity contribution in [2.75, 3.05) is 17.2 Å². The molecule has 1 aliphatic heterocycles. The summed E-state index contributed by atoms with van der Waals surface area (Å²) in [5.41, 5.74) is 6.22. The highest BCUT2D eigenvalue weighted by Crippen LogP contribution is 2.27. The maximum atomic E-state index is 13.0. The van der Waals surface area contributed by atoms with Crippen LogP contribution in [0.1, 0.15) is 12.8 Å². The Kier molecular flexibility index (Phi) is 3.36. The van der Waals surface area contributed by atoms with Crippen molar-refractivity contribution >= 4 is 17.4 Å². The van der Waals surface area contributed by atoms with E-state index >= 15 is 0 Å². The van der Waals surface area contributed by atoms with Crippen LogP contribution >= 0.6 is 11.8 Å². The van der Waals surface area contributed by atoms with Crippen LogP contribution < -0.4 is 10.5 Å². The van der Waals surface area contributed by atoms with Crippen molar-refractivity contribution in [3.8, 4) is 5.75 Å². The maximum absolute atomic E-state index is 13.0. The van der Waals surface area contributed by atoms with Gasteiger partial charge in [-0.15, -0.1) is 0 Å². The second-order valence-electron chi connectivity index (χ2n) is 3.61. The molecule has 0 amide bonds. The molecular weight excluding hydrogens is 213 g/mol. The van der Waals surface area contributed by atoms with Gasteiger partial charge in [-0.25, -0.2) is 4.39 Å². The van der Waals surface area contributed by atoms with Crippen molar-refractivity contribution in [3.63, 3.8) is 0 Å². The molecule has 0 radical (unpaired) electrons. The number of nitrogen functional groups attached to an aromatic ring is 1. The summed E-state index contributed by atoms with van der Waals surface area (Å²) in [4.78, 5) is 0. The van der Waals surface area contributed by atoms with Crippen LogP contribution in [0.25, 0.3) is 0 Å². The average Bonchev–Trinajstić information content (AvgIpc) is 2.25. The molecule has 1 aliphatic rings. The highest BCUT2D eigenvalue weighted by atomic mass is 32.2. The fourth-order valence-electron chi connectivity index (χ4n) is 1.58. The van der Waals surface area contributed by atoms with E-state index < -0.39 is 0 Å². The number of hydrogen-bond acceptors (Lipinski definition) is 3. The zero-order valence-electron chi connectivity index (χ0n) is 8.41. The molecule has 0 bridgehead atoms. The molecule has 0 unspecified atom stereocenters. The first kappa shape index (κ1) is 10.6. The van der Waals surface area contributed by atoms with Gasteiger partial charge in [0.05, 0.1) is 5.69 Å². The number of thioether (sulfide) groups is 1. The largest absolute Gasteiger partial charge is 0.488 e. The first-order valence-corrected chi connectivity index (χ1v) is 6.20. The summed E-state index contributed by atoms with van der Waals surface area (Å²) in [6.45, 7) is 0. The van der Waals surface area contributed by atoms with Gasteiger partial charge in [0.1, 0.15) is 17.7 Å². The average molecular weight is 227 g/mol. The molecule has 1 aromatic rings. The predicted octanol–water partition coefficient (Wildman–Crippen LogP) is 2.68. The molecule has 2 N–H and O–H groups in total. The number of anilines is 1. The lowest BCUT2D eigenvalue weighted by Gasteiger charge is -2.23. The van der Waals surface area contributed by atoms with Gasteiger partial charge in [-0.3, -0.25) is 0 Å². The third-order valence-corrected chi connectivity index (χ3v) is 3.49. The summed E-state index contributed by atoms with van der Waals surface area (Å²) in [5, 5.41) is 0. The number of nitrogens with two attached hydrogens (primary N) is 1. The molecule has 0 aliphatic carbocycles. The van der Waals surface area contributed by atoms with E-state index in [1.807, 2.05) is 11.8 Å². The van der Waals surface area contributed by atoms with E-state index in [1.54, 1.807) is 6.07 Å². The SMILES string of the molecule is Nc1ccc(F)cc1OC1CCSCC1. The summed E-state index contributed by atoms with van der Waals surface area (Å²) in [6.07, 6.45) is 2.22. The summed E-state index contributed by atoms with van der Waals surface area (Å²) in [5.74, 6) is 2.40. The number of ether oxygens (including phenoxy) is 1. The van der Waals surface area contributed by atoms with Crippen molar-refractivity contribution in [1.82, 2.24) is 0 Å². The number of rotatable bonds is 2. The Balaban J connectivity index is 2.05. The summed E-state index contributed by atoms with van der Waals surface area (Å²) < 4.78 is 18.7. The monoisotopic (exact) mass is 227 g/mol. The molecule has 1 saturated heterocycles. The van der Waals surface area contributed by atoms with E-state index in [0.717, 1.165) is 24.3 Å². The van der Waals surface area contributed by atoms with Crippen molar-refractivity contribution in [2.45, 2.75) is 18.9 Å². The van der Waals surface area contributed by atoms with E-state index in [-0.39, 0.29) is 11.9 Å². The van der Waals surface area contributed by atoms with Crippen molar-refractivity contribution in [3.05, 3.63) is 24.0 Å². The Morgan fingerprint density at radius 1 is 1.33 bits per heavy atom. The second kappa shape index (κ2) is 4.75. The van der Waals surface area contributed by atoms with E-state index in [9.17, 15) is 4.39 Å². The molecule has 0 aromatic heterocycles. The minimum Gasteiger partial charge on any atom is -0.488 e.